The second-order valence-corrected chi connectivity index (χ2v) is 11.5. The predicted octanol–water partition coefficient (Wildman–Crippen LogP) is 4.67. The van der Waals surface area contributed by atoms with Gasteiger partial charge in [-0.3, -0.25) is 13.9 Å². The van der Waals surface area contributed by atoms with Gasteiger partial charge in [0.05, 0.1) is 17.7 Å². The standard InChI is InChI=1S/C30H36FN3O5S/c1-6-22(3)32-30(36)23(4)33(19-24-10-7-8-13-28(24)31)29(35)20-34(25-11-9-12-26(18-25)39-5)40(37,38)27-16-14-21(2)15-17-27/h7-18,22-23H,6,19-20H2,1-5H3,(H,32,36)/t22-,23-/m0/s1. The van der Waals surface area contributed by atoms with Gasteiger partial charge in [-0.25, -0.2) is 12.8 Å². The first-order valence-electron chi connectivity index (χ1n) is 13.0. The Morgan fingerprint density at radius 1 is 1.00 bits per heavy atom. The molecule has 8 nitrogen and oxygen atoms in total. The molecule has 0 unspecified atom stereocenters. The molecule has 40 heavy (non-hydrogen) atoms. The average molecular weight is 570 g/mol. The number of hydrogen-bond donors (Lipinski definition) is 1. The maximum absolute atomic E-state index is 14.6. The summed E-state index contributed by atoms with van der Waals surface area (Å²) in [5, 5.41) is 2.85. The number of nitrogens with zero attached hydrogens (tertiary/aromatic N) is 2. The summed E-state index contributed by atoms with van der Waals surface area (Å²) in [6.45, 7) is 6.29. The highest BCUT2D eigenvalue weighted by Crippen LogP contribution is 2.28. The summed E-state index contributed by atoms with van der Waals surface area (Å²) >= 11 is 0. The molecule has 2 amide bonds. The molecule has 0 spiro atoms. The molecule has 214 valence electrons. The van der Waals surface area contributed by atoms with E-state index in [1.54, 1.807) is 43.3 Å². The summed E-state index contributed by atoms with van der Waals surface area (Å²) < 4.78 is 48.7. The van der Waals surface area contributed by atoms with Crippen molar-refractivity contribution < 1.29 is 27.1 Å². The number of carbonyl (C=O) groups excluding carboxylic acids is 2. The van der Waals surface area contributed by atoms with E-state index in [1.807, 2.05) is 20.8 Å². The summed E-state index contributed by atoms with van der Waals surface area (Å²) in [6.07, 6.45) is 0.679. The van der Waals surface area contributed by atoms with E-state index >= 15 is 0 Å². The van der Waals surface area contributed by atoms with Crippen molar-refractivity contribution in [1.29, 1.82) is 0 Å². The average Bonchev–Trinajstić information content (AvgIpc) is 2.95. The minimum absolute atomic E-state index is 0.00284. The number of hydrogen-bond acceptors (Lipinski definition) is 5. The van der Waals surface area contributed by atoms with Gasteiger partial charge in [0.1, 0.15) is 24.2 Å². The number of rotatable bonds is 12. The summed E-state index contributed by atoms with van der Waals surface area (Å²) in [7, 11) is -2.76. The molecule has 0 radical (unpaired) electrons. The van der Waals surface area contributed by atoms with Gasteiger partial charge in [0.15, 0.2) is 0 Å². The molecule has 0 aromatic heterocycles. The lowest BCUT2D eigenvalue weighted by Gasteiger charge is -2.32. The summed E-state index contributed by atoms with van der Waals surface area (Å²) in [6, 6.07) is 17.5. The van der Waals surface area contributed by atoms with Gasteiger partial charge < -0.3 is 15.0 Å². The molecule has 0 bridgehead atoms. The van der Waals surface area contributed by atoms with Crippen LogP contribution < -0.4 is 14.4 Å². The fourth-order valence-electron chi connectivity index (χ4n) is 3.99. The second kappa shape index (κ2) is 13.4. The van der Waals surface area contributed by atoms with Crippen LogP contribution in [0.15, 0.2) is 77.7 Å². The Morgan fingerprint density at radius 3 is 2.30 bits per heavy atom. The van der Waals surface area contributed by atoms with Crippen molar-refractivity contribution in [3.8, 4) is 5.75 Å². The number of benzene rings is 3. The molecule has 3 aromatic rings. The highest BCUT2D eigenvalue weighted by atomic mass is 32.2. The molecule has 1 N–H and O–H groups in total. The van der Waals surface area contributed by atoms with E-state index in [0.717, 1.165) is 9.87 Å². The van der Waals surface area contributed by atoms with Crippen LogP contribution in [0, 0.1) is 12.7 Å². The Hall–Kier alpha value is -3.92. The zero-order valence-electron chi connectivity index (χ0n) is 23.4. The molecule has 0 aliphatic carbocycles. The third-order valence-electron chi connectivity index (χ3n) is 6.70. The highest BCUT2D eigenvalue weighted by molar-refractivity contribution is 7.92. The molecular weight excluding hydrogens is 533 g/mol. The molecule has 10 heteroatoms. The highest BCUT2D eigenvalue weighted by Gasteiger charge is 2.33. The van der Waals surface area contributed by atoms with Crippen LogP contribution in [0.1, 0.15) is 38.3 Å². The minimum Gasteiger partial charge on any atom is -0.497 e. The quantitative estimate of drug-likeness (QED) is 0.342. The van der Waals surface area contributed by atoms with Crippen LogP contribution in [0.4, 0.5) is 10.1 Å². The maximum atomic E-state index is 14.6. The lowest BCUT2D eigenvalue weighted by atomic mass is 10.1. The summed E-state index contributed by atoms with van der Waals surface area (Å²) in [5.74, 6) is -1.23. The van der Waals surface area contributed by atoms with Crippen LogP contribution in [0.25, 0.3) is 0 Å². The van der Waals surface area contributed by atoms with E-state index in [-0.39, 0.29) is 28.7 Å². The number of ether oxygens (including phenoxy) is 1. The summed E-state index contributed by atoms with van der Waals surface area (Å²) in [5.41, 5.74) is 1.28. The van der Waals surface area contributed by atoms with Gasteiger partial charge in [0.25, 0.3) is 10.0 Å². The smallest absolute Gasteiger partial charge is 0.264 e. The van der Waals surface area contributed by atoms with Crippen molar-refractivity contribution >= 4 is 27.5 Å². The number of methoxy groups -OCH3 is 1. The van der Waals surface area contributed by atoms with Crippen molar-refractivity contribution in [3.63, 3.8) is 0 Å². The monoisotopic (exact) mass is 569 g/mol. The minimum atomic E-state index is -4.22. The zero-order valence-corrected chi connectivity index (χ0v) is 24.2. The summed E-state index contributed by atoms with van der Waals surface area (Å²) in [4.78, 5) is 28.2. The number of anilines is 1. The van der Waals surface area contributed by atoms with Crippen molar-refractivity contribution in [2.24, 2.45) is 0 Å². The van der Waals surface area contributed by atoms with Crippen molar-refractivity contribution in [2.75, 3.05) is 18.0 Å². The van der Waals surface area contributed by atoms with Crippen LogP contribution in [-0.2, 0) is 26.2 Å². The van der Waals surface area contributed by atoms with Gasteiger partial charge in [-0.15, -0.1) is 0 Å². The Balaban J connectivity index is 2.05. The lowest BCUT2D eigenvalue weighted by molar-refractivity contribution is -0.139. The molecule has 0 aliphatic heterocycles. The number of amides is 2. The third kappa shape index (κ3) is 7.38. The Bertz CT molecular complexity index is 1430. The topological polar surface area (TPSA) is 96.0 Å². The van der Waals surface area contributed by atoms with Crippen LogP contribution in [0.5, 0.6) is 5.75 Å². The fraction of sp³-hybridized carbons (Fsp3) is 0.333. The van der Waals surface area contributed by atoms with Gasteiger partial charge in [-0.2, -0.15) is 0 Å². The van der Waals surface area contributed by atoms with E-state index in [4.69, 9.17) is 4.74 Å². The Morgan fingerprint density at radius 2 is 1.68 bits per heavy atom. The lowest BCUT2D eigenvalue weighted by Crippen LogP contribution is -2.52. The maximum Gasteiger partial charge on any atom is 0.264 e. The van der Waals surface area contributed by atoms with Crippen molar-refractivity contribution in [1.82, 2.24) is 10.2 Å². The first kappa shape index (κ1) is 30.6. The first-order chi connectivity index (χ1) is 19.0. The molecule has 0 saturated heterocycles. The Kier molecular flexibility index (Phi) is 10.3. The predicted molar refractivity (Wildman–Crippen MR) is 153 cm³/mol. The second-order valence-electron chi connectivity index (χ2n) is 9.63. The number of aryl methyl sites for hydroxylation is 1. The fourth-order valence-corrected chi connectivity index (χ4v) is 5.40. The molecule has 0 aliphatic rings. The van der Waals surface area contributed by atoms with E-state index in [9.17, 15) is 22.4 Å². The largest absolute Gasteiger partial charge is 0.497 e. The van der Waals surface area contributed by atoms with E-state index in [0.29, 0.717) is 12.2 Å². The van der Waals surface area contributed by atoms with Crippen LogP contribution in [-0.4, -0.2) is 50.9 Å². The van der Waals surface area contributed by atoms with Gasteiger partial charge in [-0.05, 0) is 57.5 Å². The zero-order chi connectivity index (χ0) is 29.4. The molecule has 2 atom stereocenters. The van der Waals surface area contributed by atoms with E-state index in [2.05, 4.69) is 5.32 Å². The van der Waals surface area contributed by atoms with Crippen LogP contribution >= 0.6 is 0 Å². The van der Waals surface area contributed by atoms with E-state index < -0.39 is 40.2 Å². The number of sulfonamides is 1. The number of nitrogens with one attached hydrogen (secondary N) is 1. The molecule has 0 fully saturated rings. The van der Waals surface area contributed by atoms with Crippen molar-refractivity contribution in [2.45, 2.75) is 57.6 Å². The van der Waals surface area contributed by atoms with Crippen molar-refractivity contribution in [3.05, 3.63) is 89.7 Å². The molecule has 3 rings (SSSR count). The van der Waals surface area contributed by atoms with Crippen LogP contribution in [0.2, 0.25) is 0 Å². The van der Waals surface area contributed by atoms with E-state index in [1.165, 1.54) is 48.4 Å². The first-order valence-corrected chi connectivity index (χ1v) is 14.5. The van der Waals surface area contributed by atoms with Gasteiger partial charge >= 0.3 is 0 Å². The SMILES string of the molecule is CC[C@H](C)NC(=O)[C@H](C)N(Cc1ccccc1F)C(=O)CN(c1cccc(OC)c1)S(=O)(=O)c1ccc(C)cc1. The third-order valence-corrected chi connectivity index (χ3v) is 8.48. The molecular formula is C30H36FN3O5S. The molecule has 0 heterocycles. The molecule has 3 aromatic carbocycles. The number of halogens is 1. The Labute approximate surface area is 235 Å². The van der Waals surface area contributed by atoms with Gasteiger partial charge in [0, 0.05) is 24.2 Å². The van der Waals surface area contributed by atoms with Gasteiger partial charge in [-0.1, -0.05) is 48.9 Å². The number of carbonyl (C=O) groups is 2. The van der Waals surface area contributed by atoms with Gasteiger partial charge in [0.2, 0.25) is 11.8 Å². The van der Waals surface area contributed by atoms with Crippen LogP contribution in [0.3, 0.4) is 0 Å². The molecule has 0 saturated carbocycles. The normalized spacial score (nSPS) is 12.8.